The minimum atomic E-state index is -0.265. The molecule has 2 rings (SSSR count). The van der Waals surface area contributed by atoms with Crippen LogP contribution in [0.4, 0.5) is 0 Å². The van der Waals surface area contributed by atoms with Gasteiger partial charge in [-0.3, -0.25) is 4.79 Å². The molecule has 1 heterocycles. The first-order valence-electron chi connectivity index (χ1n) is 6.73. The second-order valence-corrected chi connectivity index (χ2v) is 5.78. The van der Waals surface area contributed by atoms with Crippen LogP contribution in [0.3, 0.4) is 0 Å². The summed E-state index contributed by atoms with van der Waals surface area (Å²) in [5, 5.41) is 9.12. The third-order valence-electron chi connectivity index (χ3n) is 4.05. The van der Waals surface area contributed by atoms with Gasteiger partial charge in [0.15, 0.2) is 0 Å². The molecule has 0 N–H and O–H groups in total. The van der Waals surface area contributed by atoms with Gasteiger partial charge in [0, 0.05) is 18.7 Å². The van der Waals surface area contributed by atoms with E-state index in [2.05, 4.69) is 6.07 Å². The van der Waals surface area contributed by atoms with Crippen molar-refractivity contribution in [3.05, 3.63) is 34.9 Å². The van der Waals surface area contributed by atoms with Crippen molar-refractivity contribution >= 4 is 5.91 Å². The maximum atomic E-state index is 12.5. The average molecular weight is 256 g/mol. The van der Waals surface area contributed by atoms with Gasteiger partial charge in [-0.05, 0) is 45.2 Å². The molecule has 0 unspecified atom stereocenters. The van der Waals surface area contributed by atoms with Gasteiger partial charge in [-0.25, -0.2) is 0 Å². The van der Waals surface area contributed by atoms with Crippen LogP contribution in [-0.2, 0) is 0 Å². The fourth-order valence-corrected chi connectivity index (χ4v) is 2.45. The van der Waals surface area contributed by atoms with E-state index in [0.29, 0.717) is 13.1 Å². The summed E-state index contributed by atoms with van der Waals surface area (Å²) in [4.78, 5) is 14.4. The van der Waals surface area contributed by atoms with E-state index in [1.807, 2.05) is 43.9 Å². The summed E-state index contributed by atoms with van der Waals surface area (Å²) in [5.74, 6) is 0.0983. The first-order valence-corrected chi connectivity index (χ1v) is 6.73. The molecule has 0 radical (unpaired) electrons. The lowest BCUT2D eigenvalue weighted by Crippen LogP contribution is -2.41. The highest BCUT2D eigenvalue weighted by atomic mass is 16.2. The number of likely N-dealkylation sites (tertiary alicyclic amines) is 1. The van der Waals surface area contributed by atoms with Gasteiger partial charge in [0.2, 0.25) is 0 Å². The van der Waals surface area contributed by atoms with Gasteiger partial charge in [0.25, 0.3) is 5.91 Å². The number of hydrogen-bond donors (Lipinski definition) is 0. The third kappa shape index (κ3) is 2.78. The number of aryl methyl sites for hydroxylation is 2. The third-order valence-corrected chi connectivity index (χ3v) is 4.05. The highest BCUT2D eigenvalue weighted by molar-refractivity contribution is 5.95. The Morgan fingerprint density at radius 3 is 2.53 bits per heavy atom. The van der Waals surface area contributed by atoms with Crippen molar-refractivity contribution in [3.63, 3.8) is 0 Å². The number of benzene rings is 1. The Balaban J connectivity index is 2.14. The van der Waals surface area contributed by atoms with Crippen LogP contribution < -0.4 is 0 Å². The molecule has 1 aliphatic heterocycles. The summed E-state index contributed by atoms with van der Waals surface area (Å²) in [6.45, 7) is 7.30. The van der Waals surface area contributed by atoms with Gasteiger partial charge in [-0.2, -0.15) is 5.26 Å². The van der Waals surface area contributed by atoms with Crippen LogP contribution in [0.5, 0.6) is 0 Å². The van der Waals surface area contributed by atoms with Crippen molar-refractivity contribution in [2.75, 3.05) is 13.1 Å². The van der Waals surface area contributed by atoms with Crippen LogP contribution in [-0.4, -0.2) is 23.9 Å². The van der Waals surface area contributed by atoms with Gasteiger partial charge in [-0.15, -0.1) is 0 Å². The second kappa shape index (κ2) is 5.05. The summed E-state index contributed by atoms with van der Waals surface area (Å²) >= 11 is 0. The monoisotopic (exact) mass is 256 g/mol. The number of nitriles is 1. The predicted molar refractivity (Wildman–Crippen MR) is 74.8 cm³/mol. The molecule has 100 valence electrons. The van der Waals surface area contributed by atoms with Crippen molar-refractivity contribution in [3.8, 4) is 6.07 Å². The Kier molecular flexibility index (Phi) is 3.61. The van der Waals surface area contributed by atoms with E-state index in [1.54, 1.807) is 0 Å². The Labute approximate surface area is 114 Å². The molecule has 0 saturated carbocycles. The molecular weight excluding hydrogens is 236 g/mol. The van der Waals surface area contributed by atoms with Crippen molar-refractivity contribution < 1.29 is 4.79 Å². The molecule has 1 aliphatic rings. The largest absolute Gasteiger partial charge is 0.339 e. The summed E-state index contributed by atoms with van der Waals surface area (Å²) in [5.41, 5.74) is 2.65. The van der Waals surface area contributed by atoms with E-state index in [4.69, 9.17) is 5.26 Å². The lowest BCUT2D eigenvalue weighted by atomic mass is 9.82. The quantitative estimate of drug-likeness (QED) is 0.775. The fraction of sp³-hybridized carbons (Fsp3) is 0.500. The molecule has 0 aliphatic carbocycles. The number of rotatable bonds is 1. The topological polar surface area (TPSA) is 44.1 Å². The molecule has 3 nitrogen and oxygen atoms in total. The highest BCUT2D eigenvalue weighted by Gasteiger charge is 2.32. The van der Waals surface area contributed by atoms with Crippen LogP contribution in [0.25, 0.3) is 0 Å². The minimum absolute atomic E-state index is 0.0983. The average Bonchev–Trinajstić information content (AvgIpc) is 2.42. The maximum absolute atomic E-state index is 12.5. The van der Waals surface area contributed by atoms with E-state index in [9.17, 15) is 4.79 Å². The lowest BCUT2D eigenvalue weighted by Gasteiger charge is -2.35. The summed E-state index contributed by atoms with van der Waals surface area (Å²) < 4.78 is 0. The smallest absolute Gasteiger partial charge is 0.254 e. The van der Waals surface area contributed by atoms with Crippen molar-refractivity contribution in [2.45, 2.75) is 33.6 Å². The normalized spacial score (nSPS) is 17.9. The van der Waals surface area contributed by atoms with Crippen LogP contribution >= 0.6 is 0 Å². The van der Waals surface area contributed by atoms with Crippen molar-refractivity contribution in [1.29, 1.82) is 5.26 Å². The van der Waals surface area contributed by atoms with Crippen LogP contribution in [0.15, 0.2) is 18.2 Å². The summed E-state index contributed by atoms with van der Waals surface area (Å²) in [6.07, 6.45) is 1.53. The first-order chi connectivity index (χ1) is 8.95. The first kappa shape index (κ1) is 13.6. The van der Waals surface area contributed by atoms with E-state index in [0.717, 1.165) is 29.5 Å². The molecule has 19 heavy (non-hydrogen) atoms. The zero-order valence-corrected chi connectivity index (χ0v) is 11.9. The van der Waals surface area contributed by atoms with Crippen LogP contribution in [0.2, 0.25) is 0 Å². The Morgan fingerprint density at radius 2 is 1.95 bits per heavy atom. The number of hydrogen-bond acceptors (Lipinski definition) is 2. The van der Waals surface area contributed by atoms with Gasteiger partial charge in [0.05, 0.1) is 11.5 Å². The number of piperidine rings is 1. The zero-order chi connectivity index (χ0) is 14.0. The number of carbonyl (C=O) groups is 1. The number of amides is 1. The molecule has 1 fully saturated rings. The molecule has 1 aromatic carbocycles. The molecule has 0 aromatic heterocycles. The number of nitrogens with zero attached hydrogens (tertiary/aromatic N) is 2. The molecule has 1 aromatic rings. The summed E-state index contributed by atoms with van der Waals surface area (Å²) in [6, 6.07) is 8.33. The summed E-state index contributed by atoms with van der Waals surface area (Å²) in [7, 11) is 0. The van der Waals surface area contributed by atoms with Crippen LogP contribution in [0.1, 0.15) is 41.3 Å². The second-order valence-electron chi connectivity index (χ2n) is 5.78. The molecule has 3 heteroatoms. The van der Waals surface area contributed by atoms with E-state index >= 15 is 0 Å². The van der Waals surface area contributed by atoms with Gasteiger partial charge in [0.1, 0.15) is 0 Å². The SMILES string of the molecule is Cc1ccc(C)c(C(=O)N2CCC(C)(C#N)CC2)c1. The van der Waals surface area contributed by atoms with Crippen molar-refractivity contribution in [1.82, 2.24) is 4.90 Å². The number of carbonyl (C=O) groups excluding carboxylic acids is 1. The van der Waals surface area contributed by atoms with E-state index < -0.39 is 0 Å². The minimum Gasteiger partial charge on any atom is -0.339 e. The Bertz CT molecular complexity index is 534. The molecular formula is C16H20N2O. The van der Waals surface area contributed by atoms with E-state index in [1.165, 1.54) is 0 Å². The molecule has 1 amide bonds. The fourth-order valence-electron chi connectivity index (χ4n) is 2.45. The molecule has 0 bridgehead atoms. The zero-order valence-electron chi connectivity index (χ0n) is 11.9. The van der Waals surface area contributed by atoms with Gasteiger partial charge < -0.3 is 4.90 Å². The lowest BCUT2D eigenvalue weighted by molar-refractivity contribution is 0.0661. The molecule has 0 spiro atoms. The molecule has 1 saturated heterocycles. The standard InChI is InChI=1S/C16H20N2O/c1-12-4-5-13(2)14(10-12)15(19)18-8-6-16(3,11-17)7-9-18/h4-5,10H,6-9H2,1-3H3. The van der Waals surface area contributed by atoms with Crippen LogP contribution in [0, 0.1) is 30.6 Å². The van der Waals surface area contributed by atoms with Gasteiger partial charge >= 0.3 is 0 Å². The Hall–Kier alpha value is -1.82. The Morgan fingerprint density at radius 1 is 1.32 bits per heavy atom. The predicted octanol–water partition coefficient (Wildman–Crippen LogP) is 3.07. The van der Waals surface area contributed by atoms with E-state index in [-0.39, 0.29) is 11.3 Å². The highest BCUT2D eigenvalue weighted by Crippen LogP contribution is 2.30. The van der Waals surface area contributed by atoms with Crippen molar-refractivity contribution in [2.24, 2.45) is 5.41 Å². The van der Waals surface area contributed by atoms with Gasteiger partial charge in [-0.1, -0.05) is 17.7 Å². The maximum Gasteiger partial charge on any atom is 0.254 e. The molecule has 0 atom stereocenters.